The highest BCUT2D eigenvalue weighted by atomic mass is 16.5. The van der Waals surface area contributed by atoms with E-state index in [1.165, 1.54) is 11.1 Å². The van der Waals surface area contributed by atoms with Gasteiger partial charge in [0, 0.05) is 6.54 Å². The first-order chi connectivity index (χ1) is 10.3. The average Bonchev–Trinajstić information content (AvgIpc) is 2.53. The minimum atomic E-state index is 0.577. The first kappa shape index (κ1) is 15.4. The van der Waals surface area contributed by atoms with Crippen LogP contribution in [-0.4, -0.2) is 13.2 Å². The third kappa shape index (κ3) is 5.12. The number of hydrogen-bond donors (Lipinski definition) is 1. The Morgan fingerprint density at radius 2 is 1.52 bits per heavy atom. The SMILES string of the molecule is CCNCc1cccc(COc2ccc(OCC)cc2)c1. The zero-order chi connectivity index (χ0) is 14.9. The van der Waals surface area contributed by atoms with Crippen molar-refractivity contribution in [1.82, 2.24) is 5.32 Å². The molecule has 21 heavy (non-hydrogen) atoms. The van der Waals surface area contributed by atoms with Crippen LogP contribution in [0.4, 0.5) is 0 Å². The minimum Gasteiger partial charge on any atom is -0.494 e. The molecule has 3 heteroatoms. The molecule has 0 amide bonds. The molecule has 0 aliphatic heterocycles. The monoisotopic (exact) mass is 285 g/mol. The van der Waals surface area contributed by atoms with Crippen molar-refractivity contribution in [3.8, 4) is 11.5 Å². The van der Waals surface area contributed by atoms with E-state index >= 15 is 0 Å². The van der Waals surface area contributed by atoms with Gasteiger partial charge in [-0.25, -0.2) is 0 Å². The highest BCUT2D eigenvalue weighted by Gasteiger charge is 1.99. The topological polar surface area (TPSA) is 30.5 Å². The molecule has 3 nitrogen and oxygen atoms in total. The first-order valence-electron chi connectivity index (χ1n) is 7.46. The summed E-state index contributed by atoms with van der Waals surface area (Å²) in [6.07, 6.45) is 0. The molecule has 2 aromatic rings. The fraction of sp³-hybridized carbons (Fsp3) is 0.333. The fourth-order valence-corrected chi connectivity index (χ4v) is 2.06. The van der Waals surface area contributed by atoms with Crippen LogP contribution in [0.5, 0.6) is 11.5 Å². The Kier molecular flexibility index (Phi) is 6.10. The van der Waals surface area contributed by atoms with Gasteiger partial charge in [-0.3, -0.25) is 0 Å². The fourth-order valence-electron chi connectivity index (χ4n) is 2.06. The number of benzene rings is 2. The van der Waals surface area contributed by atoms with Crippen LogP contribution in [0.25, 0.3) is 0 Å². The number of nitrogens with one attached hydrogen (secondary N) is 1. The van der Waals surface area contributed by atoms with Gasteiger partial charge >= 0.3 is 0 Å². The van der Waals surface area contributed by atoms with Crippen molar-refractivity contribution in [2.24, 2.45) is 0 Å². The van der Waals surface area contributed by atoms with Crippen molar-refractivity contribution in [1.29, 1.82) is 0 Å². The van der Waals surface area contributed by atoms with E-state index in [1.807, 2.05) is 31.2 Å². The molecule has 0 aliphatic rings. The summed E-state index contributed by atoms with van der Waals surface area (Å²) in [5, 5.41) is 3.33. The van der Waals surface area contributed by atoms with Gasteiger partial charge in [0.2, 0.25) is 0 Å². The van der Waals surface area contributed by atoms with Crippen molar-refractivity contribution < 1.29 is 9.47 Å². The van der Waals surface area contributed by atoms with Crippen molar-refractivity contribution in [2.45, 2.75) is 27.0 Å². The standard InChI is InChI=1S/C18H23NO2/c1-3-19-13-15-6-5-7-16(12-15)14-21-18-10-8-17(9-11-18)20-4-2/h5-12,19H,3-4,13-14H2,1-2H3. The summed E-state index contributed by atoms with van der Waals surface area (Å²) < 4.78 is 11.2. The van der Waals surface area contributed by atoms with E-state index in [0.717, 1.165) is 24.6 Å². The summed E-state index contributed by atoms with van der Waals surface area (Å²) in [6.45, 7) is 7.22. The quantitative estimate of drug-likeness (QED) is 0.801. The molecule has 0 saturated heterocycles. The number of hydrogen-bond acceptors (Lipinski definition) is 3. The van der Waals surface area contributed by atoms with Crippen molar-refractivity contribution in [2.75, 3.05) is 13.2 Å². The van der Waals surface area contributed by atoms with E-state index in [0.29, 0.717) is 13.2 Å². The van der Waals surface area contributed by atoms with Gasteiger partial charge in [-0.15, -0.1) is 0 Å². The summed E-state index contributed by atoms with van der Waals surface area (Å²) in [7, 11) is 0. The molecule has 0 atom stereocenters. The van der Waals surface area contributed by atoms with E-state index in [4.69, 9.17) is 9.47 Å². The molecule has 0 radical (unpaired) electrons. The highest BCUT2D eigenvalue weighted by Crippen LogP contribution is 2.18. The number of ether oxygens (including phenoxy) is 2. The Bertz CT molecular complexity index is 537. The second-order valence-electron chi connectivity index (χ2n) is 4.79. The summed E-state index contributed by atoms with van der Waals surface area (Å²) in [4.78, 5) is 0. The molecule has 2 rings (SSSR count). The van der Waals surface area contributed by atoms with Crippen LogP contribution in [0.2, 0.25) is 0 Å². The molecule has 0 aliphatic carbocycles. The van der Waals surface area contributed by atoms with Gasteiger partial charge in [-0.1, -0.05) is 31.2 Å². The molecule has 112 valence electrons. The summed E-state index contributed by atoms with van der Waals surface area (Å²) in [5.74, 6) is 1.73. The highest BCUT2D eigenvalue weighted by molar-refractivity contribution is 5.31. The minimum absolute atomic E-state index is 0.577. The Balaban J connectivity index is 1.90. The summed E-state index contributed by atoms with van der Waals surface area (Å²) >= 11 is 0. The maximum Gasteiger partial charge on any atom is 0.120 e. The molecule has 0 saturated carbocycles. The van der Waals surface area contributed by atoms with Gasteiger partial charge < -0.3 is 14.8 Å². The lowest BCUT2D eigenvalue weighted by Crippen LogP contribution is -2.11. The van der Waals surface area contributed by atoms with Crippen molar-refractivity contribution >= 4 is 0 Å². The maximum absolute atomic E-state index is 5.81. The largest absolute Gasteiger partial charge is 0.494 e. The van der Waals surface area contributed by atoms with Crippen molar-refractivity contribution in [3.63, 3.8) is 0 Å². The number of rotatable bonds is 8. The van der Waals surface area contributed by atoms with E-state index < -0.39 is 0 Å². The zero-order valence-electron chi connectivity index (χ0n) is 12.8. The molecule has 0 spiro atoms. The van der Waals surface area contributed by atoms with Gasteiger partial charge in [0.15, 0.2) is 0 Å². The molecule has 0 unspecified atom stereocenters. The molecule has 0 aromatic heterocycles. The molecule has 0 bridgehead atoms. The van der Waals surface area contributed by atoms with Crippen LogP contribution >= 0.6 is 0 Å². The Morgan fingerprint density at radius 3 is 2.19 bits per heavy atom. The van der Waals surface area contributed by atoms with E-state index in [-0.39, 0.29) is 0 Å². The third-order valence-electron chi connectivity index (χ3n) is 3.11. The van der Waals surface area contributed by atoms with Crippen LogP contribution < -0.4 is 14.8 Å². The van der Waals surface area contributed by atoms with Crippen LogP contribution in [0.15, 0.2) is 48.5 Å². The predicted molar refractivity (Wildman–Crippen MR) is 85.8 cm³/mol. The smallest absolute Gasteiger partial charge is 0.120 e. The lowest BCUT2D eigenvalue weighted by atomic mass is 10.1. The predicted octanol–water partition coefficient (Wildman–Crippen LogP) is 3.77. The molecule has 0 heterocycles. The van der Waals surface area contributed by atoms with Crippen LogP contribution in [0.3, 0.4) is 0 Å². The van der Waals surface area contributed by atoms with Gasteiger partial charge in [-0.2, -0.15) is 0 Å². The zero-order valence-corrected chi connectivity index (χ0v) is 12.8. The van der Waals surface area contributed by atoms with Crippen molar-refractivity contribution in [3.05, 3.63) is 59.7 Å². The second kappa shape index (κ2) is 8.32. The van der Waals surface area contributed by atoms with E-state index in [1.54, 1.807) is 0 Å². The van der Waals surface area contributed by atoms with Crippen LogP contribution in [0, 0.1) is 0 Å². The van der Waals surface area contributed by atoms with Gasteiger partial charge in [-0.05, 0) is 48.9 Å². The molecule has 0 fully saturated rings. The van der Waals surface area contributed by atoms with E-state index in [2.05, 4.69) is 36.5 Å². The van der Waals surface area contributed by atoms with Crippen LogP contribution in [-0.2, 0) is 13.2 Å². The Hall–Kier alpha value is -2.00. The van der Waals surface area contributed by atoms with Gasteiger partial charge in [0.25, 0.3) is 0 Å². The third-order valence-corrected chi connectivity index (χ3v) is 3.11. The van der Waals surface area contributed by atoms with Crippen LogP contribution in [0.1, 0.15) is 25.0 Å². The average molecular weight is 285 g/mol. The van der Waals surface area contributed by atoms with E-state index in [9.17, 15) is 0 Å². The van der Waals surface area contributed by atoms with Gasteiger partial charge in [0.05, 0.1) is 6.61 Å². The lowest BCUT2D eigenvalue weighted by molar-refractivity contribution is 0.304. The maximum atomic E-state index is 5.81. The molecule has 2 aromatic carbocycles. The second-order valence-corrected chi connectivity index (χ2v) is 4.79. The lowest BCUT2D eigenvalue weighted by Gasteiger charge is -2.09. The molecular weight excluding hydrogens is 262 g/mol. The normalized spacial score (nSPS) is 10.4. The summed E-state index contributed by atoms with van der Waals surface area (Å²) in [6, 6.07) is 16.2. The van der Waals surface area contributed by atoms with Gasteiger partial charge in [0.1, 0.15) is 18.1 Å². The Labute approximate surface area is 126 Å². The summed E-state index contributed by atoms with van der Waals surface area (Å²) in [5.41, 5.74) is 2.46. The molecular formula is C18H23NO2. The first-order valence-corrected chi connectivity index (χ1v) is 7.46. The molecule has 1 N–H and O–H groups in total. The Morgan fingerprint density at radius 1 is 0.857 bits per heavy atom.